The van der Waals surface area contributed by atoms with Crippen molar-refractivity contribution in [2.45, 2.75) is 113 Å². The Morgan fingerprint density at radius 3 is 1.78 bits per heavy atom. The standard InChI is InChI=1S/C12H21NO5.C6H15N.2CH4/c1-12(2,3)9(10(15)16)13-11(17)18-8-6-4-5-7(8)14;1-5(2)7-6(3)4;;/h7-9,14H,4-6H2,1-3H3,(H,13,17)(H,15,16);5-7H,1-4H3;2*1H4/t7-,8-,9-;;;/m1.../s1. The van der Waals surface area contributed by atoms with Gasteiger partial charge in [0.1, 0.15) is 12.1 Å². The van der Waals surface area contributed by atoms with Gasteiger partial charge in [-0.25, -0.2) is 9.59 Å². The van der Waals surface area contributed by atoms with Crippen LogP contribution in [0.1, 0.15) is 82.6 Å². The second-order valence-corrected chi connectivity index (χ2v) is 8.20. The fourth-order valence-electron chi connectivity index (χ4n) is 2.65. The van der Waals surface area contributed by atoms with E-state index in [1.165, 1.54) is 0 Å². The van der Waals surface area contributed by atoms with Crippen LogP contribution >= 0.6 is 0 Å². The predicted octanol–water partition coefficient (Wildman–Crippen LogP) is 3.79. The molecule has 7 heteroatoms. The fraction of sp³-hybridized carbons (Fsp3) is 0.900. The molecule has 4 N–H and O–H groups in total. The van der Waals surface area contributed by atoms with Gasteiger partial charge in [0.05, 0.1) is 6.10 Å². The third-order valence-corrected chi connectivity index (χ3v) is 3.72. The molecule has 0 aliphatic heterocycles. The number of carboxylic acid groups (broad SMARTS) is 1. The molecule has 1 aliphatic rings. The van der Waals surface area contributed by atoms with E-state index in [2.05, 4.69) is 38.3 Å². The molecular formula is C20H44N2O5. The minimum atomic E-state index is -1.11. The summed E-state index contributed by atoms with van der Waals surface area (Å²) in [6.45, 7) is 13.8. The average molecular weight is 393 g/mol. The first-order valence-corrected chi connectivity index (χ1v) is 8.98. The highest BCUT2D eigenvalue weighted by atomic mass is 16.6. The van der Waals surface area contributed by atoms with E-state index in [0.29, 0.717) is 24.9 Å². The highest BCUT2D eigenvalue weighted by Gasteiger charge is 2.35. The van der Waals surface area contributed by atoms with Crippen molar-refractivity contribution < 1.29 is 24.5 Å². The van der Waals surface area contributed by atoms with Gasteiger partial charge in [0.2, 0.25) is 0 Å². The van der Waals surface area contributed by atoms with Crippen LogP contribution in [0.5, 0.6) is 0 Å². The van der Waals surface area contributed by atoms with E-state index >= 15 is 0 Å². The molecule has 0 unspecified atom stereocenters. The summed E-state index contributed by atoms with van der Waals surface area (Å²) >= 11 is 0. The van der Waals surface area contributed by atoms with E-state index in [0.717, 1.165) is 6.42 Å². The summed E-state index contributed by atoms with van der Waals surface area (Å²) in [5.74, 6) is -1.11. The van der Waals surface area contributed by atoms with Gasteiger partial charge >= 0.3 is 12.1 Å². The van der Waals surface area contributed by atoms with Gasteiger partial charge in [0.15, 0.2) is 0 Å². The van der Waals surface area contributed by atoms with Crippen LogP contribution in [0.3, 0.4) is 0 Å². The monoisotopic (exact) mass is 392 g/mol. The van der Waals surface area contributed by atoms with E-state index < -0.39 is 35.7 Å². The van der Waals surface area contributed by atoms with Crippen molar-refractivity contribution in [2.75, 3.05) is 0 Å². The Labute approximate surface area is 166 Å². The molecule has 0 saturated heterocycles. The Balaban J connectivity index is -0.000000552. The molecule has 0 aromatic rings. The second kappa shape index (κ2) is 13.8. The van der Waals surface area contributed by atoms with E-state index in [1.807, 2.05) is 0 Å². The number of aliphatic hydroxyl groups is 1. The van der Waals surface area contributed by atoms with Crippen LogP contribution < -0.4 is 10.6 Å². The lowest BCUT2D eigenvalue weighted by Crippen LogP contribution is -2.50. The molecule has 0 aromatic carbocycles. The Morgan fingerprint density at radius 2 is 1.52 bits per heavy atom. The van der Waals surface area contributed by atoms with Crippen molar-refractivity contribution in [3.8, 4) is 0 Å². The van der Waals surface area contributed by atoms with Crippen LogP contribution in [0.25, 0.3) is 0 Å². The van der Waals surface area contributed by atoms with Crippen molar-refractivity contribution in [2.24, 2.45) is 5.41 Å². The van der Waals surface area contributed by atoms with Gasteiger partial charge in [-0.1, -0.05) is 63.3 Å². The number of carbonyl (C=O) groups is 2. The molecule has 0 bridgehead atoms. The number of hydrogen-bond donors (Lipinski definition) is 4. The summed E-state index contributed by atoms with van der Waals surface area (Å²) < 4.78 is 5.04. The number of ether oxygens (including phenoxy) is 1. The van der Waals surface area contributed by atoms with Gasteiger partial charge in [0, 0.05) is 12.1 Å². The maximum atomic E-state index is 11.6. The number of amides is 1. The molecule has 7 nitrogen and oxygen atoms in total. The average Bonchev–Trinajstić information content (AvgIpc) is 2.79. The van der Waals surface area contributed by atoms with Crippen LogP contribution in [-0.2, 0) is 9.53 Å². The van der Waals surface area contributed by atoms with Crippen molar-refractivity contribution in [1.29, 1.82) is 0 Å². The van der Waals surface area contributed by atoms with Crippen LogP contribution in [0, 0.1) is 5.41 Å². The Morgan fingerprint density at radius 1 is 1.04 bits per heavy atom. The van der Waals surface area contributed by atoms with Crippen LogP contribution in [0.2, 0.25) is 0 Å². The van der Waals surface area contributed by atoms with Gasteiger partial charge in [-0.2, -0.15) is 0 Å². The Hall–Kier alpha value is -1.34. The number of carboxylic acids is 1. The fourth-order valence-corrected chi connectivity index (χ4v) is 2.65. The molecule has 1 amide bonds. The summed E-state index contributed by atoms with van der Waals surface area (Å²) in [7, 11) is 0. The van der Waals surface area contributed by atoms with E-state index in [-0.39, 0.29) is 14.9 Å². The quantitative estimate of drug-likeness (QED) is 0.567. The molecule has 1 aliphatic carbocycles. The number of carbonyl (C=O) groups excluding carboxylic acids is 1. The van der Waals surface area contributed by atoms with Crippen molar-refractivity contribution >= 4 is 12.1 Å². The van der Waals surface area contributed by atoms with Crippen molar-refractivity contribution in [3.05, 3.63) is 0 Å². The molecule has 0 heterocycles. The normalized spacial score (nSPS) is 19.9. The summed E-state index contributed by atoms with van der Waals surface area (Å²) in [6.07, 6.45) is 0.0682. The lowest BCUT2D eigenvalue weighted by Gasteiger charge is -2.28. The molecular weight excluding hydrogens is 348 g/mol. The molecule has 1 fully saturated rings. The van der Waals surface area contributed by atoms with Gasteiger partial charge < -0.3 is 25.6 Å². The largest absolute Gasteiger partial charge is 0.480 e. The third kappa shape index (κ3) is 13.5. The lowest BCUT2D eigenvalue weighted by molar-refractivity contribution is -0.142. The summed E-state index contributed by atoms with van der Waals surface area (Å²) in [4.78, 5) is 22.7. The lowest BCUT2D eigenvalue weighted by atomic mass is 9.87. The van der Waals surface area contributed by atoms with Crippen molar-refractivity contribution in [3.63, 3.8) is 0 Å². The van der Waals surface area contributed by atoms with Crippen molar-refractivity contribution in [1.82, 2.24) is 10.6 Å². The molecule has 3 atom stereocenters. The molecule has 164 valence electrons. The van der Waals surface area contributed by atoms with Crippen LogP contribution in [0.4, 0.5) is 4.79 Å². The molecule has 0 radical (unpaired) electrons. The van der Waals surface area contributed by atoms with E-state index in [4.69, 9.17) is 9.84 Å². The highest BCUT2D eigenvalue weighted by molar-refractivity contribution is 5.80. The second-order valence-electron chi connectivity index (χ2n) is 8.20. The summed E-state index contributed by atoms with van der Waals surface area (Å²) in [6, 6.07) is 0.226. The first kappa shape index (κ1) is 30.4. The number of alkyl carbamates (subject to hydrolysis) is 1. The molecule has 0 spiro atoms. The van der Waals surface area contributed by atoms with Gasteiger partial charge in [-0.3, -0.25) is 0 Å². The predicted molar refractivity (Wildman–Crippen MR) is 111 cm³/mol. The summed E-state index contributed by atoms with van der Waals surface area (Å²) in [5, 5.41) is 24.2. The smallest absolute Gasteiger partial charge is 0.408 e. The number of nitrogens with one attached hydrogen (secondary N) is 2. The van der Waals surface area contributed by atoms with Gasteiger partial charge in [-0.05, 0) is 24.7 Å². The minimum absolute atomic E-state index is 0. The first-order chi connectivity index (χ1) is 11.3. The Bertz CT molecular complexity index is 413. The van der Waals surface area contributed by atoms with Gasteiger partial charge in [0.25, 0.3) is 0 Å². The summed E-state index contributed by atoms with van der Waals surface area (Å²) in [5.41, 5.74) is -0.612. The first-order valence-electron chi connectivity index (χ1n) is 8.98. The van der Waals surface area contributed by atoms with E-state index in [1.54, 1.807) is 20.8 Å². The molecule has 1 saturated carbocycles. The SMILES string of the molecule is C.C.CC(C)(C)[C@H](NC(=O)O[C@@H]1CCC[C@H]1O)C(=O)O.CC(C)NC(C)C. The molecule has 27 heavy (non-hydrogen) atoms. The van der Waals surface area contributed by atoms with Gasteiger partial charge in [-0.15, -0.1) is 0 Å². The van der Waals surface area contributed by atoms with Crippen LogP contribution in [0.15, 0.2) is 0 Å². The minimum Gasteiger partial charge on any atom is -0.480 e. The zero-order valence-corrected chi connectivity index (χ0v) is 16.6. The zero-order valence-electron chi connectivity index (χ0n) is 16.6. The molecule has 1 rings (SSSR count). The topological polar surface area (TPSA) is 108 Å². The maximum Gasteiger partial charge on any atom is 0.408 e. The number of aliphatic carboxylic acids is 1. The maximum absolute atomic E-state index is 11.6. The number of aliphatic hydroxyl groups excluding tert-OH is 1. The number of hydrogen-bond acceptors (Lipinski definition) is 5. The Kier molecular flexibility index (Phi) is 15.5. The van der Waals surface area contributed by atoms with Crippen LogP contribution in [-0.4, -0.2) is 52.6 Å². The molecule has 0 aromatic heterocycles. The van der Waals surface area contributed by atoms with E-state index in [9.17, 15) is 14.7 Å². The third-order valence-electron chi connectivity index (χ3n) is 3.72. The highest BCUT2D eigenvalue weighted by Crippen LogP contribution is 2.23. The zero-order chi connectivity index (χ0) is 19.8. The number of rotatable bonds is 5.